The van der Waals surface area contributed by atoms with Crippen LogP contribution in [0.5, 0.6) is 0 Å². The fourth-order valence-corrected chi connectivity index (χ4v) is 4.50. The van der Waals surface area contributed by atoms with Gasteiger partial charge in [-0.3, -0.25) is 9.78 Å². The van der Waals surface area contributed by atoms with E-state index in [9.17, 15) is 13.2 Å². The van der Waals surface area contributed by atoms with E-state index in [2.05, 4.69) is 34.6 Å². The maximum absolute atomic E-state index is 12.1. The molecule has 6 heteroatoms. The Labute approximate surface area is 170 Å². The number of rotatable bonds is 4. The predicted octanol–water partition coefficient (Wildman–Crippen LogP) is 3.54. The van der Waals surface area contributed by atoms with E-state index in [0.717, 1.165) is 22.3 Å². The van der Waals surface area contributed by atoms with Crippen molar-refractivity contribution in [3.05, 3.63) is 84.2 Å². The zero-order valence-corrected chi connectivity index (χ0v) is 16.9. The van der Waals surface area contributed by atoms with Crippen LogP contribution in [0.25, 0.3) is 11.1 Å². The van der Waals surface area contributed by atoms with Gasteiger partial charge in [-0.25, -0.2) is 8.42 Å². The summed E-state index contributed by atoms with van der Waals surface area (Å²) in [5, 5.41) is 2.99. The molecule has 1 aromatic heterocycles. The molecule has 0 unspecified atom stereocenters. The Hall–Kier alpha value is -2.99. The SMILES string of the molecule is CS(=O)(=O)c1cncc(-c2cccc([C@H]3CNC(=O)C[C@H]3c3ccccc3)c2)c1. The van der Waals surface area contributed by atoms with Crippen LogP contribution < -0.4 is 5.32 Å². The van der Waals surface area contributed by atoms with Crippen LogP contribution in [0.3, 0.4) is 0 Å². The lowest BCUT2D eigenvalue weighted by Crippen LogP contribution is -2.38. The number of aromatic nitrogens is 1. The van der Waals surface area contributed by atoms with Crippen molar-refractivity contribution >= 4 is 15.7 Å². The van der Waals surface area contributed by atoms with Crippen molar-refractivity contribution < 1.29 is 13.2 Å². The average molecular weight is 407 g/mol. The summed E-state index contributed by atoms with van der Waals surface area (Å²) in [6.45, 7) is 0.573. The number of sulfone groups is 1. The number of pyridine rings is 1. The molecule has 29 heavy (non-hydrogen) atoms. The molecule has 5 nitrogen and oxygen atoms in total. The second-order valence-corrected chi connectivity index (χ2v) is 9.45. The van der Waals surface area contributed by atoms with Gasteiger partial charge in [-0.05, 0) is 22.8 Å². The Morgan fingerprint density at radius 1 is 0.897 bits per heavy atom. The second-order valence-electron chi connectivity index (χ2n) is 7.44. The van der Waals surface area contributed by atoms with Gasteiger partial charge in [0, 0.05) is 49.0 Å². The van der Waals surface area contributed by atoms with Crippen molar-refractivity contribution in [3.8, 4) is 11.1 Å². The quantitative estimate of drug-likeness (QED) is 0.719. The van der Waals surface area contributed by atoms with Gasteiger partial charge in [-0.2, -0.15) is 0 Å². The van der Waals surface area contributed by atoms with E-state index in [0.29, 0.717) is 13.0 Å². The molecule has 0 radical (unpaired) electrons. The summed E-state index contributed by atoms with van der Waals surface area (Å²) in [5.41, 5.74) is 3.93. The summed E-state index contributed by atoms with van der Waals surface area (Å²) < 4.78 is 23.8. The lowest BCUT2D eigenvalue weighted by Gasteiger charge is -2.32. The molecule has 0 saturated carbocycles. The van der Waals surface area contributed by atoms with E-state index < -0.39 is 9.84 Å². The molecule has 0 spiro atoms. The van der Waals surface area contributed by atoms with E-state index >= 15 is 0 Å². The maximum atomic E-state index is 12.1. The number of carbonyl (C=O) groups excluding carboxylic acids is 1. The fourth-order valence-electron chi connectivity index (χ4n) is 3.91. The number of piperidine rings is 1. The van der Waals surface area contributed by atoms with Gasteiger partial charge in [0.2, 0.25) is 5.91 Å². The first-order valence-electron chi connectivity index (χ1n) is 9.49. The van der Waals surface area contributed by atoms with E-state index in [4.69, 9.17) is 0 Å². The van der Waals surface area contributed by atoms with Crippen LogP contribution in [0, 0.1) is 0 Å². The van der Waals surface area contributed by atoms with Crippen molar-refractivity contribution in [3.63, 3.8) is 0 Å². The standard InChI is InChI=1S/C23H22N2O3S/c1-29(27,28)20-11-19(13-24-14-20)17-8-5-9-18(10-17)22-15-25-23(26)12-21(22)16-6-3-2-4-7-16/h2-11,13-14,21-22H,12,15H2,1H3,(H,25,26)/t21-,22+/m0/s1. The van der Waals surface area contributed by atoms with Gasteiger partial charge in [0.1, 0.15) is 0 Å². The fraction of sp³-hybridized carbons (Fsp3) is 0.217. The molecule has 148 valence electrons. The Morgan fingerprint density at radius 3 is 2.41 bits per heavy atom. The third kappa shape index (κ3) is 4.22. The summed E-state index contributed by atoms with van der Waals surface area (Å²) in [5.74, 6) is 0.304. The van der Waals surface area contributed by atoms with Gasteiger partial charge >= 0.3 is 0 Å². The molecule has 1 fully saturated rings. The minimum absolute atomic E-state index is 0.0660. The number of nitrogens with zero attached hydrogens (tertiary/aromatic N) is 1. The summed E-state index contributed by atoms with van der Waals surface area (Å²) in [7, 11) is -3.32. The largest absolute Gasteiger partial charge is 0.355 e. The summed E-state index contributed by atoms with van der Waals surface area (Å²) in [6.07, 6.45) is 4.67. The van der Waals surface area contributed by atoms with Crippen molar-refractivity contribution in [1.82, 2.24) is 10.3 Å². The Balaban J connectivity index is 1.72. The van der Waals surface area contributed by atoms with Crippen molar-refractivity contribution in [2.24, 2.45) is 0 Å². The zero-order chi connectivity index (χ0) is 20.4. The van der Waals surface area contributed by atoms with Crippen LogP contribution >= 0.6 is 0 Å². The highest BCUT2D eigenvalue weighted by Gasteiger charge is 2.31. The van der Waals surface area contributed by atoms with Gasteiger partial charge in [0.25, 0.3) is 0 Å². The molecule has 1 N–H and O–H groups in total. The minimum Gasteiger partial charge on any atom is -0.355 e. The maximum Gasteiger partial charge on any atom is 0.220 e. The third-order valence-corrected chi connectivity index (χ3v) is 6.51. The van der Waals surface area contributed by atoms with Crippen molar-refractivity contribution in [1.29, 1.82) is 0 Å². The van der Waals surface area contributed by atoms with E-state index in [1.807, 2.05) is 30.3 Å². The molecule has 0 aliphatic carbocycles. The zero-order valence-electron chi connectivity index (χ0n) is 16.1. The molecular formula is C23H22N2O3S. The van der Waals surface area contributed by atoms with Crippen molar-refractivity contribution in [2.75, 3.05) is 12.8 Å². The second kappa shape index (κ2) is 7.79. The Kier molecular flexibility index (Phi) is 5.20. The summed E-state index contributed by atoms with van der Waals surface area (Å²) >= 11 is 0. The molecule has 1 amide bonds. The molecule has 0 bridgehead atoms. The number of carbonyl (C=O) groups is 1. The van der Waals surface area contributed by atoms with E-state index in [1.54, 1.807) is 12.3 Å². The molecule has 1 saturated heterocycles. The van der Waals surface area contributed by atoms with E-state index in [1.165, 1.54) is 12.5 Å². The number of hydrogen-bond donors (Lipinski definition) is 1. The minimum atomic E-state index is -3.32. The van der Waals surface area contributed by atoms with Crippen molar-refractivity contribution in [2.45, 2.75) is 23.2 Å². The number of benzene rings is 2. The first-order valence-corrected chi connectivity index (χ1v) is 11.4. The number of amides is 1. The van der Waals surface area contributed by atoms with Gasteiger partial charge < -0.3 is 5.32 Å². The molecule has 1 aliphatic heterocycles. The van der Waals surface area contributed by atoms with Crippen LogP contribution in [0.4, 0.5) is 0 Å². The monoisotopic (exact) mass is 406 g/mol. The lowest BCUT2D eigenvalue weighted by atomic mass is 9.77. The Bertz CT molecular complexity index is 1140. The van der Waals surface area contributed by atoms with Crippen LogP contribution in [0.1, 0.15) is 29.4 Å². The summed E-state index contributed by atoms with van der Waals surface area (Å²) in [4.78, 5) is 16.4. The van der Waals surface area contributed by atoms with Gasteiger partial charge in [0.15, 0.2) is 9.84 Å². The van der Waals surface area contributed by atoms with Gasteiger partial charge in [-0.15, -0.1) is 0 Å². The van der Waals surface area contributed by atoms with E-state index in [-0.39, 0.29) is 22.6 Å². The van der Waals surface area contributed by atoms with Crippen LogP contribution in [-0.4, -0.2) is 32.1 Å². The normalized spacial score (nSPS) is 19.6. The summed E-state index contributed by atoms with van der Waals surface area (Å²) in [6, 6.07) is 19.8. The van der Waals surface area contributed by atoms with Gasteiger partial charge in [0.05, 0.1) is 4.90 Å². The highest BCUT2D eigenvalue weighted by Crippen LogP contribution is 2.38. The van der Waals surface area contributed by atoms with Gasteiger partial charge in [-0.1, -0.05) is 54.6 Å². The molecule has 2 atom stereocenters. The molecule has 3 aromatic rings. The Morgan fingerprint density at radius 2 is 1.66 bits per heavy atom. The predicted molar refractivity (Wildman–Crippen MR) is 112 cm³/mol. The highest BCUT2D eigenvalue weighted by molar-refractivity contribution is 7.90. The molecule has 2 heterocycles. The first-order chi connectivity index (χ1) is 13.9. The number of hydrogen-bond acceptors (Lipinski definition) is 4. The lowest BCUT2D eigenvalue weighted by molar-refractivity contribution is -0.122. The topological polar surface area (TPSA) is 76.1 Å². The molecule has 1 aliphatic rings. The van der Waals surface area contributed by atoms with Crippen LogP contribution in [0.2, 0.25) is 0 Å². The van der Waals surface area contributed by atoms with Crippen LogP contribution in [-0.2, 0) is 14.6 Å². The smallest absolute Gasteiger partial charge is 0.220 e. The molecule has 2 aromatic carbocycles. The first kappa shape index (κ1) is 19.3. The molecular weight excluding hydrogens is 384 g/mol. The number of nitrogens with one attached hydrogen (secondary N) is 1. The average Bonchev–Trinajstić information content (AvgIpc) is 2.74. The van der Waals surface area contributed by atoms with Crippen LogP contribution in [0.15, 0.2) is 78.0 Å². The highest BCUT2D eigenvalue weighted by atomic mass is 32.2. The third-order valence-electron chi connectivity index (χ3n) is 5.43. The molecule has 4 rings (SSSR count).